The maximum absolute atomic E-state index is 11.0. The predicted molar refractivity (Wildman–Crippen MR) is 68.3 cm³/mol. The number of benzene rings is 1. The van der Waals surface area contributed by atoms with Crippen molar-refractivity contribution in [1.29, 1.82) is 0 Å². The Morgan fingerprint density at radius 1 is 1.41 bits per heavy atom. The molecule has 1 aliphatic rings. The third-order valence-electron chi connectivity index (χ3n) is 3.81. The molecule has 0 aliphatic heterocycles. The monoisotopic (exact) mass is 252 g/mol. The lowest BCUT2D eigenvalue weighted by molar-refractivity contribution is -0.144. The zero-order chi connectivity index (χ0) is 12.4. The average molecular weight is 253 g/mol. The van der Waals surface area contributed by atoms with Gasteiger partial charge < -0.3 is 5.11 Å². The van der Waals surface area contributed by atoms with E-state index in [1.54, 1.807) is 0 Å². The van der Waals surface area contributed by atoms with Crippen molar-refractivity contribution in [3.05, 3.63) is 34.9 Å². The number of rotatable bonds is 2. The maximum Gasteiger partial charge on any atom is 0.306 e. The smallest absolute Gasteiger partial charge is 0.306 e. The first kappa shape index (κ1) is 12.4. The summed E-state index contributed by atoms with van der Waals surface area (Å²) >= 11 is 5.99. The van der Waals surface area contributed by atoms with E-state index in [1.165, 1.54) is 5.56 Å². The Balaban J connectivity index is 2.09. The summed E-state index contributed by atoms with van der Waals surface area (Å²) in [7, 11) is 0. The Morgan fingerprint density at radius 3 is 2.76 bits per heavy atom. The highest BCUT2D eigenvalue weighted by Crippen LogP contribution is 2.39. The van der Waals surface area contributed by atoms with Gasteiger partial charge in [0.15, 0.2) is 0 Å². The minimum Gasteiger partial charge on any atom is -0.481 e. The molecular weight excluding hydrogens is 236 g/mol. The standard InChI is InChI=1S/C14H17ClO2/c1-9-7-11(5-6-13(9)14(16)17)10-3-2-4-12(15)8-10/h2-4,8-9,11,13H,5-7H2,1H3,(H,16,17)/t9-,11-,13+/m0/s1. The summed E-state index contributed by atoms with van der Waals surface area (Å²) in [6.07, 6.45) is 2.66. The van der Waals surface area contributed by atoms with Crippen LogP contribution >= 0.6 is 11.6 Å². The van der Waals surface area contributed by atoms with E-state index >= 15 is 0 Å². The van der Waals surface area contributed by atoms with E-state index in [0.29, 0.717) is 5.92 Å². The molecule has 3 atom stereocenters. The summed E-state index contributed by atoms with van der Waals surface area (Å²) < 4.78 is 0. The van der Waals surface area contributed by atoms with Crippen molar-refractivity contribution in [2.24, 2.45) is 11.8 Å². The number of carboxylic acids is 1. The Kier molecular flexibility index (Phi) is 3.72. The van der Waals surface area contributed by atoms with Gasteiger partial charge in [-0.2, -0.15) is 0 Å². The normalized spacial score (nSPS) is 28.9. The Morgan fingerprint density at radius 2 is 2.18 bits per heavy atom. The Hall–Kier alpha value is -1.02. The number of hydrogen-bond donors (Lipinski definition) is 1. The van der Waals surface area contributed by atoms with E-state index in [1.807, 2.05) is 25.1 Å². The summed E-state index contributed by atoms with van der Waals surface area (Å²) in [5, 5.41) is 9.85. The van der Waals surface area contributed by atoms with E-state index in [2.05, 4.69) is 6.07 Å². The molecule has 1 fully saturated rings. The molecular formula is C14H17ClO2. The zero-order valence-corrected chi connectivity index (χ0v) is 10.7. The van der Waals surface area contributed by atoms with E-state index < -0.39 is 5.97 Å². The molecule has 0 radical (unpaired) electrons. The average Bonchev–Trinajstić information content (AvgIpc) is 2.28. The molecule has 0 heterocycles. The van der Waals surface area contributed by atoms with Crippen molar-refractivity contribution < 1.29 is 9.90 Å². The van der Waals surface area contributed by atoms with E-state index in [-0.39, 0.29) is 11.8 Å². The zero-order valence-electron chi connectivity index (χ0n) is 9.90. The van der Waals surface area contributed by atoms with Gasteiger partial charge >= 0.3 is 5.97 Å². The third kappa shape index (κ3) is 2.81. The van der Waals surface area contributed by atoms with Crippen LogP contribution in [0.15, 0.2) is 24.3 Å². The first-order valence-electron chi connectivity index (χ1n) is 6.06. The third-order valence-corrected chi connectivity index (χ3v) is 4.04. The number of hydrogen-bond acceptors (Lipinski definition) is 1. The minimum absolute atomic E-state index is 0.176. The molecule has 17 heavy (non-hydrogen) atoms. The van der Waals surface area contributed by atoms with Gasteiger partial charge in [0.2, 0.25) is 0 Å². The van der Waals surface area contributed by atoms with Gasteiger partial charge in [-0.15, -0.1) is 0 Å². The SMILES string of the molecule is C[C@H]1C[C@@H](c2cccc(Cl)c2)CC[C@H]1C(=O)O. The lowest BCUT2D eigenvalue weighted by atomic mass is 9.73. The highest BCUT2D eigenvalue weighted by molar-refractivity contribution is 6.30. The van der Waals surface area contributed by atoms with Crippen LogP contribution in [-0.2, 0) is 4.79 Å². The minimum atomic E-state index is -0.651. The van der Waals surface area contributed by atoms with Crippen molar-refractivity contribution in [3.63, 3.8) is 0 Å². The fourth-order valence-electron chi connectivity index (χ4n) is 2.83. The highest BCUT2D eigenvalue weighted by Gasteiger charge is 2.32. The van der Waals surface area contributed by atoms with Crippen LogP contribution in [0.3, 0.4) is 0 Å². The largest absolute Gasteiger partial charge is 0.481 e. The molecule has 1 saturated carbocycles. The molecule has 0 amide bonds. The fraction of sp³-hybridized carbons (Fsp3) is 0.500. The van der Waals surface area contributed by atoms with Crippen LogP contribution in [0.1, 0.15) is 37.7 Å². The van der Waals surface area contributed by atoms with Crippen molar-refractivity contribution >= 4 is 17.6 Å². The second-order valence-corrected chi connectivity index (χ2v) is 5.42. The molecule has 0 saturated heterocycles. The fourth-order valence-corrected chi connectivity index (χ4v) is 3.03. The first-order chi connectivity index (χ1) is 8.08. The number of carboxylic acid groups (broad SMARTS) is 1. The van der Waals surface area contributed by atoms with Crippen LogP contribution in [-0.4, -0.2) is 11.1 Å². The number of carbonyl (C=O) groups is 1. The molecule has 1 aromatic rings. The van der Waals surface area contributed by atoms with Crippen LogP contribution in [0.2, 0.25) is 5.02 Å². The molecule has 0 unspecified atom stereocenters. The molecule has 1 aromatic carbocycles. The van der Waals surface area contributed by atoms with E-state index in [0.717, 1.165) is 24.3 Å². The van der Waals surface area contributed by atoms with Crippen molar-refractivity contribution in [3.8, 4) is 0 Å². The van der Waals surface area contributed by atoms with Gasteiger partial charge in [-0.05, 0) is 48.8 Å². The Labute approximate surface area is 107 Å². The summed E-state index contributed by atoms with van der Waals surface area (Å²) in [5.41, 5.74) is 1.24. The van der Waals surface area contributed by atoms with E-state index in [4.69, 9.17) is 16.7 Å². The van der Waals surface area contributed by atoms with Gasteiger partial charge in [0.25, 0.3) is 0 Å². The molecule has 1 aliphatic carbocycles. The second kappa shape index (κ2) is 5.09. The topological polar surface area (TPSA) is 37.3 Å². The summed E-state index contributed by atoms with van der Waals surface area (Å²) in [6, 6.07) is 7.92. The number of aliphatic carboxylic acids is 1. The summed E-state index contributed by atoms with van der Waals surface area (Å²) in [5.74, 6) is -0.128. The van der Waals surface area contributed by atoms with Crippen LogP contribution in [0.4, 0.5) is 0 Å². The van der Waals surface area contributed by atoms with Gasteiger partial charge in [-0.25, -0.2) is 0 Å². The molecule has 1 N–H and O–H groups in total. The van der Waals surface area contributed by atoms with Gasteiger partial charge in [0.1, 0.15) is 0 Å². The lowest BCUT2D eigenvalue weighted by Gasteiger charge is -2.32. The van der Waals surface area contributed by atoms with Crippen LogP contribution in [0.25, 0.3) is 0 Å². The summed E-state index contributed by atoms with van der Waals surface area (Å²) in [4.78, 5) is 11.0. The van der Waals surface area contributed by atoms with Gasteiger partial charge in [0.05, 0.1) is 5.92 Å². The Bertz CT molecular complexity index is 416. The van der Waals surface area contributed by atoms with Crippen molar-refractivity contribution in [2.45, 2.75) is 32.1 Å². The van der Waals surface area contributed by atoms with Crippen molar-refractivity contribution in [2.75, 3.05) is 0 Å². The van der Waals surface area contributed by atoms with Crippen LogP contribution in [0, 0.1) is 11.8 Å². The van der Waals surface area contributed by atoms with Gasteiger partial charge in [-0.1, -0.05) is 30.7 Å². The molecule has 92 valence electrons. The summed E-state index contributed by atoms with van der Waals surface area (Å²) in [6.45, 7) is 2.04. The molecule has 3 heteroatoms. The molecule has 2 nitrogen and oxygen atoms in total. The first-order valence-corrected chi connectivity index (χ1v) is 6.44. The number of halogens is 1. The maximum atomic E-state index is 11.0. The van der Waals surface area contributed by atoms with Crippen LogP contribution < -0.4 is 0 Å². The molecule has 2 rings (SSSR count). The highest BCUT2D eigenvalue weighted by atomic mass is 35.5. The van der Waals surface area contributed by atoms with Gasteiger partial charge in [-0.3, -0.25) is 4.79 Å². The van der Waals surface area contributed by atoms with E-state index in [9.17, 15) is 4.79 Å². The molecule has 0 aromatic heterocycles. The van der Waals surface area contributed by atoms with Gasteiger partial charge in [0, 0.05) is 5.02 Å². The predicted octanol–water partition coefficient (Wildman–Crippen LogP) is 3.94. The van der Waals surface area contributed by atoms with Crippen molar-refractivity contribution in [1.82, 2.24) is 0 Å². The molecule has 0 spiro atoms. The molecule has 0 bridgehead atoms. The van der Waals surface area contributed by atoms with Crippen LogP contribution in [0.5, 0.6) is 0 Å². The second-order valence-electron chi connectivity index (χ2n) is 4.99. The lowest BCUT2D eigenvalue weighted by Crippen LogP contribution is -2.28. The quantitative estimate of drug-likeness (QED) is 0.866.